The van der Waals surface area contributed by atoms with Crippen molar-refractivity contribution in [2.45, 2.75) is 32.9 Å². The van der Waals surface area contributed by atoms with Gasteiger partial charge in [-0.2, -0.15) is 0 Å². The van der Waals surface area contributed by atoms with Crippen LogP contribution < -0.4 is 14.0 Å². The number of fused-ring (bicyclic) bond motifs is 4. The second kappa shape index (κ2) is 8.23. The molecule has 178 valence electrons. The van der Waals surface area contributed by atoms with Crippen molar-refractivity contribution in [2.24, 2.45) is 0 Å². The number of hydrogen-bond acceptors (Lipinski definition) is 3. The van der Waals surface area contributed by atoms with Crippen molar-refractivity contribution in [1.29, 1.82) is 0 Å². The molecule has 4 aromatic carbocycles. The number of ether oxygens (including phenoxy) is 2. The molecule has 36 heavy (non-hydrogen) atoms. The molecule has 0 atom stereocenters. The summed E-state index contributed by atoms with van der Waals surface area (Å²) in [6.07, 6.45) is 1.82. The number of para-hydroxylation sites is 2. The van der Waals surface area contributed by atoms with E-state index in [1.807, 2.05) is 36.4 Å². The Balaban J connectivity index is 1.30. The molecule has 5 aromatic rings. The van der Waals surface area contributed by atoms with Crippen molar-refractivity contribution in [3.63, 3.8) is 0 Å². The van der Waals surface area contributed by atoms with Crippen molar-refractivity contribution >= 4 is 27.6 Å². The predicted octanol–water partition coefficient (Wildman–Crippen LogP) is 5.19. The Hall–Kier alpha value is -4.12. The summed E-state index contributed by atoms with van der Waals surface area (Å²) in [5.41, 5.74) is 6.62. The highest BCUT2D eigenvalue weighted by molar-refractivity contribution is 6.00. The van der Waals surface area contributed by atoms with Crippen LogP contribution in [-0.4, -0.2) is 23.6 Å². The molecule has 0 spiro atoms. The average molecular weight is 476 g/mol. The number of Topliss-reactive ketones (excluding diaryl/α,β-unsaturated/α-hetero) is 1. The Kier molecular flexibility index (Phi) is 4.84. The van der Waals surface area contributed by atoms with E-state index >= 15 is 0 Å². The fraction of sp³-hybridized carbons (Fsp3) is 0.226. The molecular formula is C31H27N2O3+. The third kappa shape index (κ3) is 3.30. The molecule has 2 aliphatic heterocycles. The lowest BCUT2D eigenvalue weighted by molar-refractivity contribution is -0.669. The fourth-order valence-electron chi connectivity index (χ4n) is 5.82. The zero-order valence-electron chi connectivity index (χ0n) is 20.3. The quantitative estimate of drug-likeness (QED) is 0.260. The number of carbonyl (C=O) groups is 1. The van der Waals surface area contributed by atoms with E-state index in [1.54, 1.807) is 0 Å². The van der Waals surface area contributed by atoms with Crippen LogP contribution >= 0.6 is 0 Å². The van der Waals surface area contributed by atoms with Crippen LogP contribution in [0.1, 0.15) is 32.9 Å². The molecule has 0 aliphatic carbocycles. The summed E-state index contributed by atoms with van der Waals surface area (Å²) in [5, 5.41) is 2.23. The fourth-order valence-corrected chi connectivity index (χ4v) is 5.82. The lowest BCUT2D eigenvalue weighted by Crippen LogP contribution is -2.38. The highest BCUT2D eigenvalue weighted by atomic mass is 16.5. The minimum atomic E-state index is 0.106. The third-order valence-corrected chi connectivity index (χ3v) is 7.69. The summed E-state index contributed by atoms with van der Waals surface area (Å²) in [6.45, 7) is 4.53. The van der Waals surface area contributed by atoms with Crippen LogP contribution in [0.3, 0.4) is 0 Å². The van der Waals surface area contributed by atoms with Gasteiger partial charge >= 0.3 is 0 Å². The molecule has 0 saturated carbocycles. The normalized spacial score (nSPS) is 14.0. The van der Waals surface area contributed by atoms with E-state index in [2.05, 4.69) is 52.5 Å². The molecule has 5 heteroatoms. The summed E-state index contributed by atoms with van der Waals surface area (Å²) >= 11 is 0. The van der Waals surface area contributed by atoms with E-state index in [1.165, 1.54) is 16.7 Å². The van der Waals surface area contributed by atoms with Gasteiger partial charge in [-0.25, -0.2) is 9.13 Å². The number of imidazole rings is 1. The molecule has 3 heterocycles. The van der Waals surface area contributed by atoms with Crippen LogP contribution in [0.15, 0.2) is 72.8 Å². The molecule has 0 radical (unpaired) electrons. The number of benzene rings is 4. The SMILES string of the molecule is Cc1n(CC(=O)c2ccc3ccccc3c2)c2ccccc2[n+]1Cc1c2c(cc3c1OCC3)OCC2. The standard InChI is InChI=1S/C31H27N2O3/c1-20-32(18-26-25-13-15-35-30(25)17-24-12-14-36-31(24)26)27-8-4-5-9-28(27)33(20)19-29(34)23-11-10-21-6-2-3-7-22(21)16-23/h2-11,16-17H,12-15,18-19H2,1H3/q+1. The minimum Gasteiger partial charge on any atom is -0.493 e. The highest BCUT2D eigenvalue weighted by Gasteiger charge is 2.30. The van der Waals surface area contributed by atoms with Gasteiger partial charge in [0.2, 0.25) is 5.78 Å². The van der Waals surface area contributed by atoms with E-state index < -0.39 is 0 Å². The maximum atomic E-state index is 13.5. The maximum Gasteiger partial charge on any atom is 0.254 e. The Morgan fingerprint density at radius 3 is 2.64 bits per heavy atom. The molecule has 0 saturated heterocycles. The predicted molar refractivity (Wildman–Crippen MR) is 139 cm³/mol. The van der Waals surface area contributed by atoms with Crippen LogP contribution in [-0.2, 0) is 25.9 Å². The van der Waals surface area contributed by atoms with Gasteiger partial charge in [0, 0.05) is 42.0 Å². The first-order valence-corrected chi connectivity index (χ1v) is 12.6. The summed E-state index contributed by atoms with van der Waals surface area (Å²) in [5.74, 6) is 3.18. The maximum absolute atomic E-state index is 13.5. The van der Waals surface area contributed by atoms with Gasteiger partial charge in [0.05, 0.1) is 13.2 Å². The lowest BCUT2D eigenvalue weighted by atomic mass is 9.99. The second-order valence-corrected chi connectivity index (χ2v) is 9.71. The second-order valence-electron chi connectivity index (χ2n) is 9.71. The zero-order chi connectivity index (χ0) is 24.2. The van der Waals surface area contributed by atoms with Gasteiger partial charge in [-0.1, -0.05) is 48.5 Å². The van der Waals surface area contributed by atoms with Gasteiger partial charge in [-0.15, -0.1) is 0 Å². The van der Waals surface area contributed by atoms with Crippen LogP contribution in [0.25, 0.3) is 21.8 Å². The first-order valence-electron chi connectivity index (χ1n) is 12.6. The molecule has 0 bridgehead atoms. The van der Waals surface area contributed by atoms with Crippen molar-refractivity contribution in [3.8, 4) is 11.5 Å². The topological polar surface area (TPSA) is 44.3 Å². The summed E-state index contributed by atoms with van der Waals surface area (Å²) in [4.78, 5) is 13.5. The molecule has 2 aliphatic rings. The molecule has 7 rings (SSSR count). The number of aromatic nitrogens is 2. The van der Waals surface area contributed by atoms with E-state index in [9.17, 15) is 4.79 Å². The van der Waals surface area contributed by atoms with Crippen LogP contribution in [0.2, 0.25) is 0 Å². The van der Waals surface area contributed by atoms with Gasteiger partial charge in [0.1, 0.15) is 18.0 Å². The first kappa shape index (κ1) is 21.2. The number of ketones is 1. The molecule has 0 fully saturated rings. The Morgan fingerprint density at radius 1 is 0.917 bits per heavy atom. The molecule has 0 N–H and O–H groups in total. The number of nitrogens with zero attached hydrogens (tertiary/aromatic N) is 2. The van der Waals surface area contributed by atoms with Crippen molar-refractivity contribution < 1.29 is 18.8 Å². The highest BCUT2D eigenvalue weighted by Crippen LogP contribution is 2.40. The third-order valence-electron chi connectivity index (χ3n) is 7.69. The summed E-state index contributed by atoms with van der Waals surface area (Å²) in [7, 11) is 0. The monoisotopic (exact) mass is 475 g/mol. The van der Waals surface area contributed by atoms with Crippen molar-refractivity contribution in [1.82, 2.24) is 4.57 Å². The first-order chi connectivity index (χ1) is 17.7. The Bertz CT molecular complexity index is 1650. The van der Waals surface area contributed by atoms with Gasteiger partial charge in [0.15, 0.2) is 17.6 Å². The van der Waals surface area contributed by atoms with Gasteiger partial charge in [0.25, 0.3) is 5.82 Å². The lowest BCUT2D eigenvalue weighted by Gasteiger charge is -2.12. The summed E-state index contributed by atoms with van der Waals surface area (Å²) < 4.78 is 16.5. The van der Waals surface area contributed by atoms with Crippen molar-refractivity contribution in [3.05, 3.63) is 101 Å². The van der Waals surface area contributed by atoms with Gasteiger partial charge in [-0.05, 0) is 35.0 Å². The zero-order valence-corrected chi connectivity index (χ0v) is 20.3. The van der Waals surface area contributed by atoms with E-state index in [4.69, 9.17) is 9.47 Å². The van der Waals surface area contributed by atoms with E-state index in [0.29, 0.717) is 13.1 Å². The molecule has 0 unspecified atom stereocenters. The van der Waals surface area contributed by atoms with Crippen LogP contribution in [0.5, 0.6) is 11.5 Å². The largest absolute Gasteiger partial charge is 0.493 e. The molecule has 0 amide bonds. The average Bonchev–Trinajstić information content (AvgIpc) is 3.63. The molecule has 1 aromatic heterocycles. The van der Waals surface area contributed by atoms with Gasteiger partial charge in [-0.3, -0.25) is 4.79 Å². The summed E-state index contributed by atoms with van der Waals surface area (Å²) in [6, 6.07) is 24.6. The molecular weight excluding hydrogens is 448 g/mol. The van der Waals surface area contributed by atoms with E-state index in [0.717, 1.165) is 70.7 Å². The number of carbonyl (C=O) groups excluding carboxylic acids is 1. The number of rotatable bonds is 5. The van der Waals surface area contributed by atoms with Crippen LogP contribution in [0.4, 0.5) is 0 Å². The Labute approximate surface area is 209 Å². The number of hydrogen-bond donors (Lipinski definition) is 0. The minimum absolute atomic E-state index is 0.106. The smallest absolute Gasteiger partial charge is 0.254 e. The van der Waals surface area contributed by atoms with Crippen LogP contribution in [0, 0.1) is 6.92 Å². The van der Waals surface area contributed by atoms with E-state index in [-0.39, 0.29) is 5.78 Å². The van der Waals surface area contributed by atoms with Gasteiger partial charge < -0.3 is 9.47 Å². The Morgan fingerprint density at radius 2 is 1.72 bits per heavy atom. The van der Waals surface area contributed by atoms with Crippen molar-refractivity contribution in [2.75, 3.05) is 13.2 Å². The molecule has 5 nitrogen and oxygen atoms in total.